The monoisotopic (exact) mass is 328 g/mol. The Morgan fingerprint density at radius 2 is 2.05 bits per heavy atom. The van der Waals surface area contributed by atoms with Gasteiger partial charge in [0, 0.05) is 6.54 Å². The van der Waals surface area contributed by atoms with Gasteiger partial charge in [-0.1, -0.05) is 0 Å². The Labute approximate surface area is 126 Å². The lowest BCUT2D eigenvalue weighted by molar-refractivity contribution is -0.162. The molecule has 0 unspecified atom stereocenters. The number of nitrogens with zero attached hydrogens (tertiary/aromatic N) is 1. The van der Waals surface area contributed by atoms with E-state index in [1.54, 1.807) is 20.8 Å². The zero-order valence-corrected chi connectivity index (χ0v) is 12.8. The molecule has 0 radical (unpaired) electrons. The van der Waals surface area contributed by atoms with Crippen molar-refractivity contribution in [3.8, 4) is 0 Å². The number of amides is 2. The highest BCUT2D eigenvalue weighted by Gasteiger charge is 2.51. The van der Waals surface area contributed by atoms with Crippen molar-refractivity contribution in [3.05, 3.63) is 0 Å². The zero-order valence-electron chi connectivity index (χ0n) is 12.0. The summed E-state index contributed by atoms with van der Waals surface area (Å²) in [7, 11) is 0. The van der Waals surface area contributed by atoms with Crippen LogP contribution in [0.25, 0.3) is 0 Å². The molecule has 2 N–H and O–H groups in total. The maximum atomic E-state index is 13.8. The Bertz CT molecular complexity index is 415. The van der Waals surface area contributed by atoms with E-state index in [1.165, 1.54) is 0 Å². The number of hydrogen-bond acceptors (Lipinski definition) is 4. The van der Waals surface area contributed by atoms with Crippen molar-refractivity contribution in [2.45, 2.75) is 44.4 Å². The molecule has 0 aliphatic carbocycles. The largest absolute Gasteiger partial charge is 0.444 e. The molecule has 9 heteroatoms. The number of halogens is 3. The van der Waals surface area contributed by atoms with Gasteiger partial charge in [-0.05, 0) is 20.8 Å². The molecular weight excluding hydrogens is 310 g/mol. The van der Waals surface area contributed by atoms with E-state index in [-0.39, 0.29) is 6.54 Å². The highest BCUT2D eigenvalue weighted by atomic mass is 35.5. The molecule has 0 saturated carbocycles. The number of likely N-dealkylation sites (tertiary alicyclic amines) is 1. The highest BCUT2D eigenvalue weighted by molar-refractivity contribution is 6.27. The molecule has 6 nitrogen and oxygen atoms in total. The summed E-state index contributed by atoms with van der Waals surface area (Å²) in [5, 5.41) is 11.8. The van der Waals surface area contributed by atoms with E-state index < -0.39 is 48.1 Å². The van der Waals surface area contributed by atoms with Gasteiger partial charge in [0.2, 0.25) is 5.91 Å². The van der Waals surface area contributed by atoms with Crippen LogP contribution >= 0.6 is 11.6 Å². The third-order valence-electron chi connectivity index (χ3n) is 2.75. The smallest absolute Gasteiger partial charge is 0.410 e. The molecule has 0 aromatic carbocycles. The summed E-state index contributed by atoms with van der Waals surface area (Å²) in [6.45, 7) is 3.56. The summed E-state index contributed by atoms with van der Waals surface area (Å²) < 4.78 is 32.5. The van der Waals surface area contributed by atoms with Gasteiger partial charge in [-0.2, -0.15) is 0 Å². The summed E-state index contributed by atoms with van der Waals surface area (Å²) in [5.74, 6) is -4.69. The number of rotatable bonds is 2. The minimum Gasteiger partial charge on any atom is -0.444 e. The van der Waals surface area contributed by atoms with Crippen molar-refractivity contribution in [1.29, 1.82) is 0 Å². The second kappa shape index (κ2) is 6.31. The van der Waals surface area contributed by atoms with Gasteiger partial charge < -0.3 is 15.2 Å². The van der Waals surface area contributed by atoms with Crippen molar-refractivity contribution < 1.29 is 28.2 Å². The number of hydrogen-bond donors (Lipinski definition) is 2. The van der Waals surface area contributed by atoms with Crippen molar-refractivity contribution >= 4 is 23.6 Å². The molecule has 2 amide bonds. The van der Waals surface area contributed by atoms with E-state index in [4.69, 9.17) is 16.3 Å². The summed E-state index contributed by atoms with van der Waals surface area (Å²) in [5.41, 5.74) is -0.836. The van der Waals surface area contributed by atoms with Gasteiger partial charge in [-0.25, -0.2) is 13.6 Å². The molecule has 1 aliphatic rings. The van der Waals surface area contributed by atoms with Crippen LogP contribution in [0, 0.1) is 0 Å². The summed E-state index contributed by atoms with van der Waals surface area (Å²) >= 11 is 5.29. The van der Waals surface area contributed by atoms with Gasteiger partial charge in [0.25, 0.3) is 5.92 Å². The zero-order chi connectivity index (χ0) is 16.4. The first-order valence-electron chi connectivity index (χ1n) is 6.35. The Morgan fingerprint density at radius 1 is 1.48 bits per heavy atom. The number of ether oxygens (including phenoxy) is 1. The van der Waals surface area contributed by atoms with Crippen molar-refractivity contribution in [2.75, 3.05) is 19.0 Å². The standard InChI is InChI=1S/C12H19ClF2N2O4/c1-11(2,3)21-10(20)17-5-7(16-8(18)4-13)9(19)12(14,15)6-17/h7,9,19H,4-6H2,1-3H3,(H,16,18)/t7-,9-/m1/s1. The second-order valence-corrected chi connectivity index (χ2v) is 6.14. The number of aliphatic hydroxyl groups is 1. The average Bonchev–Trinajstić information content (AvgIpc) is 2.32. The molecule has 0 spiro atoms. The van der Waals surface area contributed by atoms with Crippen LogP contribution in [0.2, 0.25) is 0 Å². The SMILES string of the molecule is CC(C)(C)OC(=O)N1C[C@@H](NC(=O)CCl)[C@@H](O)C(F)(F)C1. The topological polar surface area (TPSA) is 78.9 Å². The maximum absolute atomic E-state index is 13.8. The Morgan fingerprint density at radius 3 is 2.52 bits per heavy atom. The molecule has 0 bridgehead atoms. The number of carbonyl (C=O) groups is 2. The molecule has 21 heavy (non-hydrogen) atoms. The van der Waals surface area contributed by atoms with E-state index in [2.05, 4.69) is 5.32 Å². The van der Waals surface area contributed by atoms with E-state index in [0.29, 0.717) is 0 Å². The predicted octanol–water partition coefficient (Wildman–Crippen LogP) is 0.957. The van der Waals surface area contributed by atoms with Gasteiger partial charge in [-0.15, -0.1) is 11.6 Å². The number of carbonyl (C=O) groups excluding carboxylic acids is 2. The average molecular weight is 329 g/mol. The number of piperidine rings is 1. The Balaban J connectivity index is 2.84. The molecule has 0 aromatic heterocycles. The lowest BCUT2D eigenvalue weighted by Gasteiger charge is -2.41. The van der Waals surface area contributed by atoms with E-state index in [9.17, 15) is 23.5 Å². The van der Waals surface area contributed by atoms with E-state index in [0.717, 1.165) is 4.90 Å². The van der Waals surface area contributed by atoms with Crippen molar-refractivity contribution in [1.82, 2.24) is 10.2 Å². The van der Waals surface area contributed by atoms with Crippen molar-refractivity contribution in [2.24, 2.45) is 0 Å². The first-order valence-corrected chi connectivity index (χ1v) is 6.89. The molecule has 0 aromatic rings. The lowest BCUT2D eigenvalue weighted by atomic mass is 9.98. The third-order valence-corrected chi connectivity index (χ3v) is 2.99. The molecule has 2 atom stereocenters. The van der Waals surface area contributed by atoms with E-state index in [1.807, 2.05) is 0 Å². The fourth-order valence-corrected chi connectivity index (χ4v) is 1.96. The molecule has 1 saturated heterocycles. The molecular formula is C12H19ClF2N2O4. The fourth-order valence-electron chi connectivity index (χ4n) is 1.88. The molecule has 1 aliphatic heterocycles. The molecule has 1 heterocycles. The minimum absolute atomic E-state index is 0.283. The van der Waals surface area contributed by atoms with Crippen LogP contribution < -0.4 is 5.32 Å². The normalized spacial score (nSPS) is 25.4. The lowest BCUT2D eigenvalue weighted by Crippen LogP contribution is -2.65. The van der Waals surface area contributed by atoms with Gasteiger partial charge in [-0.3, -0.25) is 9.69 Å². The number of nitrogens with one attached hydrogen (secondary N) is 1. The summed E-state index contributed by atoms with van der Waals surface area (Å²) in [4.78, 5) is 23.8. The minimum atomic E-state index is -3.56. The Hall–Kier alpha value is -1.15. The summed E-state index contributed by atoms with van der Waals surface area (Å²) in [6, 6.07) is -1.31. The van der Waals surface area contributed by atoms with Crippen LogP contribution in [-0.2, 0) is 9.53 Å². The molecule has 1 fully saturated rings. The van der Waals surface area contributed by atoms with Crippen LogP contribution in [0.3, 0.4) is 0 Å². The van der Waals surface area contributed by atoms with Gasteiger partial charge in [0.1, 0.15) is 17.6 Å². The first-order chi connectivity index (χ1) is 9.46. The summed E-state index contributed by atoms with van der Waals surface area (Å²) in [6.07, 6.45) is -3.03. The predicted molar refractivity (Wildman–Crippen MR) is 71.4 cm³/mol. The van der Waals surface area contributed by atoms with Crippen LogP contribution in [0.4, 0.5) is 13.6 Å². The quantitative estimate of drug-likeness (QED) is 0.740. The van der Waals surface area contributed by atoms with Crippen molar-refractivity contribution in [3.63, 3.8) is 0 Å². The number of alkyl halides is 3. The second-order valence-electron chi connectivity index (χ2n) is 5.87. The van der Waals surface area contributed by atoms with Crippen LogP contribution in [0.1, 0.15) is 20.8 Å². The number of aliphatic hydroxyl groups excluding tert-OH is 1. The van der Waals surface area contributed by atoms with Crippen LogP contribution in [-0.4, -0.2) is 64.6 Å². The van der Waals surface area contributed by atoms with Gasteiger partial charge >= 0.3 is 6.09 Å². The van der Waals surface area contributed by atoms with Crippen LogP contribution in [0.15, 0.2) is 0 Å². The third kappa shape index (κ3) is 4.96. The van der Waals surface area contributed by atoms with E-state index >= 15 is 0 Å². The van der Waals surface area contributed by atoms with Crippen LogP contribution in [0.5, 0.6) is 0 Å². The fraction of sp³-hybridized carbons (Fsp3) is 0.833. The Kier molecular flexibility index (Phi) is 5.38. The molecule has 1 rings (SSSR count). The maximum Gasteiger partial charge on any atom is 0.410 e. The van der Waals surface area contributed by atoms with Gasteiger partial charge in [0.05, 0.1) is 12.6 Å². The molecule has 122 valence electrons. The first kappa shape index (κ1) is 17.9. The highest BCUT2D eigenvalue weighted by Crippen LogP contribution is 2.28. The van der Waals surface area contributed by atoms with Gasteiger partial charge in [0.15, 0.2) is 0 Å².